The van der Waals surface area contributed by atoms with Gasteiger partial charge in [0.2, 0.25) is 0 Å². The van der Waals surface area contributed by atoms with Gasteiger partial charge < -0.3 is 29.1 Å². The Kier molecular flexibility index (Phi) is 7.05. The SMILES string of the molecule is COc1cccc([C@@H]2C(=C(O)c3ccc(OC)cc3OC)C(=O)C(=O)N2CCN(C)C)c1. The average molecular weight is 440 g/mol. The summed E-state index contributed by atoms with van der Waals surface area (Å²) < 4.78 is 16.0. The van der Waals surface area contributed by atoms with Crippen LogP contribution in [0.3, 0.4) is 0 Å². The monoisotopic (exact) mass is 440 g/mol. The number of amides is 1. The van der Waals surface area contributed by atoms with Crippen LogP contribution in [-0.2, 0) is 9.59 Å². The van der Waals surface area contributed by atoms with Crippen LogP contribution in [0.25, 0.3) is 5.76 Å². The minimum absolute atomic E-state index is 0.00507. The minimum Gasteiger partial charge on any atom is -0.507 e. The van der Waals surface area contributed by atoms with E-state index in [1.165, 1.54) is 19.1 Å². The molecule has 8 nitrogen and oxygen atoms in total. The first-order valence-electron chi connectivity index (χ1n) is 10.1. The van der Waals surface area contributed by atoms with E-state index in [0.29, 0.717) is 41.5 Å². The zero-order valence-corrected chi connectivity index (χ0v) is 18.9. The molecular formula is C24H28N2O6. The molecule has 3 rings (SSSR count). The molecule has 8 heteroatoms. The lowest BCUT2D eigenvalue weighted by atomic mass is 9.94. The lowest BCUT2D eigenvalue weighted by molar-refractivity contribution is -0.140. The molecule has 1 fully saturated rings. The maximum atomic E-state index is 13.1. The van der Waals surface area contributed by atoms with Gasteiger partial charge in [-0.15, -0.1) is 0 Å². The largest absolute Gasteiger partial charge is 0.507 e. The molecule has 0 bridgehead atoms. The number of methoxy groups -OCH3 is 3. The van der Waals surface area contributed by atoms with Crippen molar-refractivity contribution in [1.82, 2.24) is 9.80 Å². The number of benzene rings is 2. The van der Waals surface area contributed by atoms with E-state index in [0.717, 1.165) is 0 Å². The third kappa shape index (κ3) is 4.40. The zero-order valence-electron chi connectivity index (χ0n) is 18.9. The Balaban J connectivity index is 2.20. The Morgan fingerprint density at radius 3 is 2.31 bits per heavy atom. The van der Waals surface area contributed by atoms with Crippen LogP contribution in [0.5, 0.6) is 17.2 Å². The second-order valence-electron chi connectivity index (χ2n) is 7.64. The number of aliphatic hydroxyl groups excluding tert-OH is 1. The molecule has 0 spiro atoms. The topological polar surface area (TPSA) is 88.5 Å². The van der Waals surface area contributed by atoms with E-state index in [1.54, 1.807) is 49.6 Å². The summed E-state index contributed by atoms with van der Waals surface area (Å²) in [6, 6.07) is 11.2. The quantitative estimate of drug-likeness (QED) is 0.384. The van der Waals surface area contributed by atoms with Gasteiger partial charge in [0.05, 0.1) is 38.5 Å². The predicted octanol–water partition coefficient (Wildman–Crippen LogP) is 2.70. The fraction of sp³-hybridized carbons (Fsp3) is 0.333. The molecule has 170 valence electrons. The molecule has 32 heavy (non-hydrogen) atoms. The van der Waals surface area contributed by atoms with Gasteiger partial charge in [0.15, 0.2) is 0 Å². The standard InChI is InChI=1S/C24H28N2O6/c1-25(2)11-12-26-21(15-7-6-8-16(13-15)30-3)20(23(28)24(26)29)22(27)18-10-9-17(31-4)14-19(18)32-5/h6-10,13-14,21,27H,11-12H2,1-5H3/t21-/m1/s1. The van der Waals surface area contributed by atoms with Crippen molar-refractivity contribution in [3.05, 3.63) is 59.2 Å². The lowest BCUT2D eigenvalue weighted by Crippen LogP contribution is -2.35. The second-order valence-corrected chi connectivity index (χ2v) is 7.64. The predicted molar refractivity (Wildman–Crippen MR) is 120 cm³/mol. The Hall–Kier alpha value is -3.52. The molecule has 1 saturated heterocycles. The van der Waals surface area contributed by atoms with Crippen molar-refractivity contribution in [2.45, 2.75) is 6.04 Å². The summed E-state index contributed by atoms with van der Waals surface area (Å²) in [5.41, 5.74) is 0.966. The molecule has 2 aromatic carbocycles. The maximum absolute atomic E-state index is 13.1. The van der Waals surface area contributed by atoms with E-state index in [-0.39, 0.29) is 11.3 Å². The van der Waals surface area contributed by atoms with Crippen molar-refractivity contribution in [3.63, 3.8) is 0 Å². The first-order valence-corrected chi connectivity index (χ1v) is 10.1. The van der Waals surface area contributed by atoms with Crippen molar-refractivity contribution < 1.29 is 28.9 Å². The fourth-order valence-corrected chi connectivity index (χ4v) is 3.72. The highest BCUT2D eigenvalue weighted by Crippen LogP contribution is 2.42. The molecule has 1 N–H and O–H groups in total. The number of carbonyl (C=O) groups excluding carboxylic acids is 2. The van der Waals surface area contributed by atoms with Crippen LogP contribution in [0.4, 0.5) is 0 Å². The highest BCUT2D eigenvalue weighted by atomic mass is 16.5. The van der Waals surface area contributed by atoms with Crippen LogP contribution in [0.15, 0.2) is 48.0 Å². The molecule has 1 aliphatic heterocycles. The number of likely N-dealkylation sites (N-methyl/N-ethyl adjacent to an activating group) is 1. The van der Waals surface area contributed by atoms with Gasteiger partial charge in [-0.25, -0.2) is 0 Å². The number of rotatable bonds is 8. The minimum atomic E-state index is -0.767. The third-order valence-corrected chi connectivity index (χ3v) is 5.40. The van der Waals surface area contributed by atoms with Crippen LogP contribution < -0.4 is 14.2 Å². The molecular weight excluding hydrogens is 412 g/mol. The summed E-state index contributed by atoms with van der Waals surface area (Å²) in [6.07, 6.45) is 0. The van der Waals surface area contributed by atoms with E-state index >= 15 is 0 Å². The summed E-state index contributed by atoms with van der Waals surface area (Å²) in [7, 11) is 8.30. The number of ketones is 1. The number of hydrogen-bond acceptors (Lipinski definition) is 7. The molecule has 1 aliphatic rings. The summed E-state index contributed by atoms with van der Waals surface area (Å²) in [4.78, 5) is 29.5. The smallest absolute Gasteiger partial charge is 0.295 e. The van der Waals surface area contributed by atoms with Gasteiger partial charge in [-0.2, -0.15) is 0 Å². The highest BCUT2D eigenvalue weighted by Gasteiger charge is 2.46. The van der Waals surface area contributed by atoms with Crippen molar-refractivity contribution in [2.24, 2.45) is 0 Å². The number of carbonyl (C=O) groups is 2. The highest BCUT2D eigenvalue weighted by molar-refractivity contribution is 6.46. The van der Waals surface area contributed by atoms with E-state index in [2.05, 4.69) is 0 Å². The molecule has 0 aromatic heterocycles. The molecule has 0 saturated carbocycles. The first-order chi connectivity index (χ1) is 15.3. The molecule has 2 aromatic rings. The lowest BCUT2D eigenvalue weighted by Gasteiger charge is -2.27. The van der Waals surface area contributed by atoms with Gasteiger partial charge in [-0.1, -0.05) is 12.1 Å². The number of Topliss-reactive ketones (excluding diaryl/α,β-unsaturated/α-hetero) is 1. The molecule has 0 radical (unpaired) electrons. The molecule has 0 aliphatic carbocycles. The fourth-order valence-electron chi connectivity index (χ4n) is 3.72. The number of nitrogens with zero attached hydrogens (tertiary/aromatic N) is 2. The molecule has 1 heterocycles. The summed E-state index contributed by atoms with van der Waals surface area (Å²) >= 11 is 0. The van der Waals surface area contributed by atoms with E-state index < -0.39 is 17.7 Å². The Labute approximate surface area is 187 Å². The van der Waals surface area contributed by atoms with Crippen LogP contribution >= 0.6 is 0 Å². The van der Waals surface area contributed by atoms with E-state index in [4.69, 9.17) is 14.2 Å². The van der Waals surface area contributed by atoms with E-state index in [1.807, 2.05) is 19.0 Å². The Morgan fingerprint density at radius 1 is 1.00 bits per heavy atom. The Morgan fingerprint density at radius 2 is 1.69 bits per heavy atom. The summed E-state index contributed by atoms with van der Waals surface area (Å²) in [5, 5.41) is 11.3. The second kappa shape index (κ2) is 9.74. The van der Waals surface area contributed by atoms with Crippen LogP contribution in [-0.4, -0.2) is 75.1 Å². The van der Waals surface area contributed by atoms with Gasteiger partial charge in [0.1, 0.15) is 23.0 Å². The third-order valence-electron chi connectivity index (χ3n) is 5.40. The van der Waals surface area contributed by atoms with Crippen LogP contribution in [0.1, 0.15) is 17.2 Å². The van der Waals surface area contributed by atoms with Crippen LogP contribution in [0, 0.1) is 0 Å². The van der Waals surface area contributed by atoms with Crippen molar-refractivity contribution in [2.75, 3.05) is 48.5 Å². The molecule has 0 unspecified atom stereocenters. The number of ether oxygens (including phenoxy) is 3. The van der Waals surface area contributed by atoms with Crippen molar-refractivity contribution in [1.29, 1.82) is 0 Å². The van der Waals surface area contributed by atoms with Gasteiger partial charge in [-0.05, 0) is 43.9 Å². The number of hydrogen-bond donors (Lipinski definition) is 1. The first kappa shape index (κ1) is 23.1. The number of likely N-dealkylation sites (tertiary alicyclic amines) is 1. The molecule has 1 atom stereocenters. The van der Waals surface area contributed by atoms with Crippen LogP contribution in [0.2, 0.25) is 0 Å². The van der Waals surface area contributed by atoms with Gasteiger partial charge in [0, 0.05) is 19.2 Å². The number of aliphatic hydroxyl groups is 1. The normalized spacial score (nSPS) is 17.7. The van der Waals surface area contributed by atoms with Crippen molar-refractivity contribution >= 4 is 17.4 Å². The average Bonchev–Trinajstić information content (AvgIpc) is 3.06. The zero-order chi connectivity index (χ0) is 23.4. The van der Waals surface area contributed by atoms with Gasteiger partial charge in [-0.3, -0.25) is 9.59 Å². The van der Waals surface area contributed by atoms with Crippen molar-refractivity contribution in [3.8, 4) is 17.2 Å². The summed E-state index contributed by atoms with van der Waals surface area (Å²) in [5.74, 6) is -0.258. The maximum Gasteiger partial charge on any atom is 0.295 e. The summed E-state index contributed by atoms with van der Waals surface area (Å²) in [6.45, 7) is 0.870. The molecule has 1 amide bonds. The van der Waals surface area contributed by atoms with Gasteiger partial charge >= 0.3 is 0 Å². The Bertz CT molecular complexity index is 1050. The van der Waals surface area contributed by atoms with Gasteiger partial charge in [0.25, 0.3) is 11.7 Å². The van der Waals surface area contributed by atoms with E-state index in [9.17, 15) is 14.7 Å².